The fraction of sp³-hybridized carbons (Fsp3) is 0.333. The molecule has 6 rings (SSSR count). The summed E-state index contributed by atoms with van der Waals surface area (Å²) >= 11 is 0. The van der Waals surface area contributed by atoms with Gasteiger partial charge in [-0.3, -0.25) is 0 Å². The van der Waals surface area contributed by atoms with E-state index in [4.69, 9.17) is 15.2 Å². The lowest BCUT2D eigenvalue weighted by Gasteiger charge is -2.22. The highest BCUT2D eigenvalue weighted by Crippen LogP contribution is 2.35. The van der Waals surface area contributed by atoms with Gasteiger partial charge < -0.3 is 19.8 Å². The maximum atomic E-state index is 6.54. The Bertz CT molecular complexity index is 2500. The van der Waals surface area contributed by atoms with Crippen LogP contribution >= 0.6 is 0 Å². The number of nitrogens with two attached hydrogens (primary N) is 1. The third kappa shape index (κ3) is 13.4. The van der Waals surface area contributed by atoms with E-state index in [1.807, 2.05) is 19.9 Å². The summed E-state index contributed by atoms with van der Waals surface area (Å²) in [5, 5.41) is 2.48. The molecular formula is C60H76N2O2. The average Bonchev–Trinajstić information content (AvgIpc) is 3.61. The monoisotopic (exact) mass is 857 g/mol. The van der Waals surface area contributed by atoms with E-state index >= 15 is 0 Å². The minimum absolute atomic E-state index is 0.0343. The zero-order valence-corrected chi connectivity index (χ0v) is 41.4. The van der Waals surface area contributed by atoms with Gasteiger partial charge in [-0.25, -0.2) is 0 Å². The lowest BCUT2D eigenvalue weighted by Crippen LogP contribution is -2.14. The highest BCUT2D eigenvalue weighted by Gasteiger charge is 2.19. The van der Waals surface area contributed by atoms with Gasteiger partial charge in [-0.1, -0.05) is 196 Å². The van der Waals surface area contributed by atoms with Crippen LogP contribution in [0.4, 0.5) is 5.69 Å². The van der Waals surface area contributed by atoms with Gasteiger partial charge in [-0.15, -0.1) is 0 Å². The van der Waals surface area contributed by atoms with E-state index in [9.17, 15) is 0 Å². The maximum absolute atomic E-state index is 6.54. The highest BCUT2D eigenvalue weighted by atomic mass is 16.5. The summed E-state index contributed by atoms with van der Waals surface area (Å²) in [7, 11) is 0. The van der Waals surface area contributed by atoms with Crippen molar-refractivity contribution in [1.29, 1.82) is 0 Å². The number of aromatic nitrogens is 1. The van der Waals surface area contributed by atoms with Crippen molar-refractivity contribution < 1.29 is 9.47 Å². The number of hydrogen-bond acceptors (Lipinski definition) is 3. The van der Waals surface area contributed by atoms with Crippen molar-refractivity contribution in [3.63, 3.8) is 0 Å². The molecule has 0 saturated carbocycles. The molecule has 0 bridgehead atoms. The van der Waals surface area contributed by atoms with Crippen LogP contribution in [0.3, 0.4) is 0 Å². The van der Waals surface area contributed by atoms with Crippen LogP contribution in [0.1, 0.15) is 103 Å². The topological polar surface area (TPSA) is 49.4 Å². The lowest BCUT2D eigenvalue weighted by molar-refractivity contribution is 0.119. The molecule has 0 aliphatic carbocycles. The Hall–Kier alpha value is -5.68. The van der Waals surface area contributed by atoms with E-state index in [0.717, 1.165) is 45.7 Å². The van der Waals surface area contributed by atoms with Crippen molar-refractivity contribution in [2.75, 3.05) is 25.6 Å². The Morgan fingerprint density at radius 1 is 0.688 bits per heavy atom. The number of hydrogen-bond donors (Lipinski definition) is 1. The molecule has 1 heterocycles. The van der Waals surface area contributed by atoms with Crippen molar-refractivity contribution in [3.8, 4) is 11.1 Å². The van der Waals surface area contributed by atoms with Crippen molar-refractivity contribution in [2.24, 2.45) is 5.41 Å². The highest BCUT2D eigenvalue weighted by molar-refractivity contribution is 6.10. The third-order valence-electron chi connectivity index (χ3n) is 11.5. The molecule has 338 valence electrons. The van der Waals surface area contributed by atoms with Gasteiger partial charge in [0.2, 0.25) is 0 Å². The molecule has 0 amide bonds. The summed E-state index contributed by atoms with van der Waals surface area (Å²) in [5.41, 5.74) is 22.8. The second kappa shape index (κ2) is 23.8. The molecule has 0 fully saturated rings. The Balaban J connectivity index is 0.000000469. The predicted octanol–water partition coefficient (Wildman–Crippen LogP) is 16.5. The van der Waals surface area contributed by atoms with Crippen LogP contribution in [0, 0.1) is 26.2 Å². The SMILES string of the molecule is C=C/C(=C\C(COC/C(=C/C=C\CC)COCc1cc(C(C)(C)C)cc(C)c1N)=C(\C)n1c2ccccc2c2ccccc21)C(C)(C)C.CC.Cc1ccccc1-c1ccccc1C. The molecule has 1 aromatic heterocycles. The van der Waals surface area contributed by atoms with Gasteiger partial charge in [-0.2, -0.15) is 0 Å². The van der Waals surface area contributed by atoms with Gasteiger partial charge in [-0.05, 0) is 107 Å². The largest absolute Gasteiger partial charge is 0.398 e. The fourth-order valence-electron chi connectivity index (χ4n) is 7.68. The van der Waals surface area contributed by atoms with Gasteiger partial charge in [0.05, 0.1) is 37.5 Å². The predicted molar refractivity (Wildman–Crippen MR) is 281 cm³/mol. The summed E-state index contributed by atoms with van der Waals surface area (Å²) < 4.78 is 15.2. The van der Waals surface area contributed by atoms with Crippen molar-refractivity contribution in [1.82, 2.24) is 4.57 Å². The molecule has 4 heteroatoms. The van der Waals surface area contributed by atoms with Crippen molar-refractivity contribution >= 4 is 33.2 Å². The molecule has 0 spiro atoms. The summed E-state index contributed by atoms with van der Waals surface area (Å²) in [5.74, 6) is 0. The first-order valence-corrected chi connectivity index (χ1v) is 23.1. The van der Waals surface area contributed by atoms with E-state index < -0.39 is 0 Å². The normalized spacial score (nSPS) is 12.8. The number of fused-ring (bicyclic) bond motifs is 3. The summed E-state index contributed by atoms with van der Waals surface area (Å²) in [4.78, 5) is 0. The molecule has 5 aromatic carbocycles. The second-order valence-corrected chi connectivity index (χ2v) is 18.4. The van der Waals surface area contributed by atoms with Gasteiger partial charge in [0, 0.05) is 27.7 Å². The zero-order valence-electron chi connectivity index (χ0n) is 41.4. The molecule has 0 aliphatic heterocycles. The van der Waals surface area contributed by atoms with Crippen LogP contribution in [-0.4, -0.2) is 24.4 Å². The average molecular weight is 857 g/mol. The first-order valence-electron chi connectivity index (χ1n) is 23.1. The maximum Gasteiger partial charge on any atom is 0.0741 e. The minimum Gasteiger partial charge on any atom is -0.398 e. The van der Waals surface area contributed by atoms with Crippen LogP contribution in [0.5, 0.6) is 0 Å². The lowest BCUT2D eigenvalue weighted by atomic mass is 9.84. The van der Waals surface area contributed by atoms with E-state index in [1.54, 1.807) is 0 Å². The Kier molecular flexibility index (Phi) is 19.0. The summed E-state index contributed by atoms with van der Waals surface area (Å²) in [6, 6.07) is 38.6. The molecule has 4 nitrogen and oxygen atoms in total. The van der Waals surface area contributed by atoms with Crippen LogP contribution in [-0.2, 0) is 21.5 Å². The Morgan fingerprint density at radius 3 is 1.70 bits per heavy atom. The van der Waals surface area contributed by atoms with Crippen molar-refractivity contribution in [2.45, 2.75) is 108 Å². The van der Waals surface area contributed by atoms with Gasteiger partial charge in [0.1, 0.15) is 0 Å². The number of benzene rings is 5. The van der Waals surface area contributed by atoms with E-state index in [1.165, 1.54) is 49.6 Å². The number of nitrogens with zero attached hydrogens (tertiary/aromatic N) is 1. The number of ether oxygens (including phenoxy) is 2. The number of rotatable bonds is 14. The quantitative estimate of drug-likeness (QED) is 0.0877. The molecule has 0 saturated heterocycles. The first kappa shape index (κ1) is 51.0. The first-order chi connectivity index (χ1) is 30.5. The van der Waals surface area contributed by atoms with Gasteiger partial charge in [0.15, 0.2) is 0 Å². The molecule has 2 N–H and O–H groups in total. The van der Waals surface area contributed by atoms with Crippen molar-refractivity contribution in [3.05, 3.63) is 191 Å². The molecule has 0 aliphatic rings. The minimum atomic E-state index is -0.0670. The molecule has 0 unspecified atom stereocenters. The van der Waals surface area contributed by atoms with E-state index in [2.05, 4.69) is 221 Å². The number of para-hydroxylation sites is 2. The second-order valence-electron chi connectivity index (χ2n) is 18.4. The molecular weight excluding hydrogens is 781 g/mol. The van der Waals surface area contributed by atoms with Gasteiger partial charge in [0.25, 0.3) is 0 Å². The Labute approximate surface area is 386 Å². The smallest absolute Gasteiger partial charge is 0.0741 e. The number of allylic oxidation sites excluding steroid dienone is 6. The molecule has 0 radical (unpaired) electrons. The number of aryl methyl sites for hydroxylation is 3. The molecule has 0 atom stereocenters. The summed E-state index contributed by atoms with van der Waals surface area (Å²) in [6.45, 7) is 34.0. The Morgan fingerprint density at radius 2 is 1.20 bits per heavy atom. The van der Waals surface area contributed by atoms with Gasteiger partial charge >= 0.3 is 0 Å². The van der Waals surface area contributed by atoms with Crippen LogP contribution in [0.15, 0.2) is 163 Å². The van der Waals surface area contributed by atoms with E-state index in [-0.39, 0.29) is 10.8 Å². The van der Waals surface area contributed by atoms with E-state index in [0.29, 0.717) is 26.4 Å². The van der Waals surface area contributed by atoms with Crippen LogP contribution in [0.25, 0.3) is 38.6 Å². The third-order valence-corrected chi connectivity index (χ3v) is 11.5. The molecule has 6 aromatic rings. The fourth-order valence-corrected chi connectivity index (χ4v) is 7.68. The zero-order chi connectivity index (χ0) is 47.0. The number of nitrogen functional groups attached to an aromatic ring is 1. The summed E-state index contributed by atoms with van der Waals surface area (Å²) in [6.07, 6.45) is 11.6. The number of anilines is 1. The molecule has 64 heavy (non-hydrogen) atoms. The standard InChI is InChI=1S/C44H56N2O2.C14H14.C2H6/c1-11-13-14-19-33(28-48-30-35-26-37(44(8,9)10)24-31(3)42(35)45)27-47-29-34(25-36(12-2)43(5,6)7)32(4)46-40-22-17-15-20-38(40)39-21-16-18-23-41(39)46;1-11-7-3-5-9-13(11)14-10-6-4-8-12(14)2;1-2/h12-26H,2,11,27-30,45H2,1,3-10H3;3-10H,1-2H3;1-2H3/b14-13-,33-19-,34-32+,36-25+;;. The van der Waals surface area contributed by atoms with Crippen LogP contribution < -0.4 is 5.73 Å². The van der Waals surface area contributed by atoms with Crippen LogP contribution in [0.2, 0.25) is 0 Å².